The highest BCUT2D eigenvalue weighted by Gasteiger charge is 2.59. The molecule has 1 N–H and O–H groups in total. The van der Waals surface area contributed by atoms with Crippen LogP contribution in [0.2, 0.25) is 0 Å². The summed E-state index contributed by atoms with van der Waals surface area (Å²) in [5.41, 5.74) is 2.12. The molecule has 4 rings (SSSR count). The number of hydrogen-bond donors (Lipinski definition) is 1. The number of rotatable bonds is 3. The molecule has 0 aromatic heterocycles. The zero-order valence-corrected chi connectivity index (χ0v) is 10.4. The van der Waals surface area contributed by atoms with Crippen molar-refractivity contribution in [2.24, 2.45) is 11.8 Å². The predicted molar refractivity (Wildman–Crippen MR) is 70.0 cm³/mol. The molecule has 90 valence electrons. The van der Waals surface area contributed by atoms with Crippen LogP contribution in [0.5, 0.6) is 0 Å². The van der Waals surface area contributed by atoms with Crippen molar-refractivity contribution in [1.29, 1.82) is 0 Å². The molecule has 1 heterocycles. The van der Waals surface area contributed by atoms with Gasteiger partial charge < -0.3 is 5.32 Å². The van der Waals surface area contributed by atoms with Crippen molar-refractivity contribution in [3.63, 3.8) is 0 Å². The fraction of sp³-hybridized carbons (Fsp3) is 0.625. The second kappa shape index (κ2) is 3.58. The fourth-order valence-corrected chi connectivity index (χ4v) is 4.19. The van der Waals surface area contributed by atoms with Gasteiger partial charge in [0.1, 0.15) is 0 Å². The summed E-state index contributed by atoms with van der Waals surface area (Å²) in [6.45, 7) is 1.26. The fourth-order valence-electron chi connectivity index (χ4n) is 4.19. The van der Waals surface area contributed by atoms with Gasteiger partial charge in [0.25, 0.3) is 0 Å². The molecule has 1 nitrogen and oxygen atoms in total. The Labute approximate surface area is 104 Å². The van der Waals surface area contributed by atoms with E-state index < -0.39 is 0 Å². The van der Waals surface area contributed by atoms with Crippen molar-refractivity contribution in [3.8, 4) is 0 Å². The molecular weight excluding hydrogens is 206 g/mol. The topological polar surface area (TPSA) is 12.0 Å². The molecular formula is C16H21N. The molecule has 1 heteroatoms. The molecule has 3 aliphatic rings. The number of hydrogen-bond acceptors (Lipinski definition) is 1. The lowest BCUT2D eigenvalue weighted by atomic mass is 9.84. The Bertz CT molecular complexity index is 401. The summed E-state index contributed by atoms with van der Waals surface area (Å²) < 4.78 is 0. The molecule has 0 bridgehead atoms. The largest absolute Gasteiger partial charge is 0.311 e. The Morgan fingerprint density at radius 3 is 2.59 bits per heavy atom. The van der Waals surface area contributed by atoms with E-state index >= 15 is 0 Å². The van der Waals surface area contributed by atoms with Gasteiger partial charge in [0.05, 0.1) is 0 Å². The lowest BCUT2D eigenvalue weighted by Crippen LogP contribution is -2.44. The van der Waals surface area contributed by atoms with Gasteiger partial charge in [-0.15, -0.1) is 0 Å². The molecule has 0 radical (unpaired) electrons. The first kappa shape index (κ1) is 10.1. The van der Waals surface area contributed by atoms with Crippen molar-refractivity contribution in [1.82, 2.24) is 5.32 Å². The maximum Gasteiger partial charge on any atom is 0.0244 e. The van der Waals surface area contributed by atoms with E-state index in [4.69, 9.17) is 0 Å². The Hall–Kier alpha value is -0.820. The van der Waals surface area contributed by atoms with Crippen LogP contribution in [0.3, 0.4) is 0 Å². The SMILES string of the molecule is c1ccc(C2CC2C2(C3CC3)CCCN2)cc1. The number of nitrogens with one attached hydrogen (secondary N) is 1. The van der Waals surface area contributed by atoms with Gasteiger partial charge in [0.2, 0.25) is 0 Å². The first-order valence-corrected chi connectivity index (χ1v) is 7.20. The van der Waals surface area contributed by atoms with Crippen molar-refractivity contribution >= 4 is 0 Å². The van der Waals surface area contributed by atoms with Crippen molar-refractivity contribution < 1.29 is 0 Å². The van der Waals surface area contributed by atoms with Crippen LogP contribution in [0.15, 0.2) is 30.3 Å². The third kappa shape index (κ3) is 1.55. The normalized spacial score (nSPS) is 40.5. The summed E-state index contributed by atoms with van der Waals surface area (Å²) in [6, 6.07) is 11.2. The monoisotopic (exact) mass is 227 g/mol. The molecule has 1 saturated heterocycles. The molecule has 3 unspecified atom stereocenters. The van der Waals surface area contributed by atoms with E-state index in [2.05, 4.69) is 35.6 Å². The molecule has 1 aromatic carbocycles. The second-order valence-corrected chi connectivity index (χ2v) is 6.20. The van der Waals surface area contributed by atoms with Gasteiger partial charge in [0.15, 0.2) is 0 Å². The summed E-state index contributed by atoms with van der Waals surface area (Å²) in [7, 11) is 0. The minimum Gasteiger partial charge on any atom is -0.311 e. The van der Waals surface area contributed by atoms with E-state index in [9.17, 15) is 0 Å². The average molecular weight is 227 g/mol. The van der Waals surface area contributed by atoms with Crippen molar-refractivity contribution in [2.45, 2.75) is 43.6 Å². The quantitative estimate of drug-likeness (QED) is 0.835. The van der Waals surface area contributed by atoms with Crippen LogP contribution in [0, 0.1) is 11.8 Å². The lowest BCUT2D eigenvalue weighted by Gasteiger charge is -2.30. The van der Waals surface area contributed by atoms with E-state index in [1.165, 1.54) is 38.6 Å². The van der Waals surface area contributed by atoms with Crippen molar-refractivity contribution in [2.75, 3.05) is 6.54 Å². The lowest BCUT2D eigenvalue weighted by molar-refractivity contribution is 0.276. The Kier molecular flexibility index (Phi) is 2.14. The minimum absolute atomic E-state index is 0.542. The molecule has 0 spiro atoms. The molecule has 2 saturated carbocycles. The maximum atomic E-state index is 3.89. The highest BCUT2D eigenvalue weighted by atomic mass is 15.0. The van der Waals surface area contributed by atoms with Crippen LogP contribution in [0.1, 0.15) is 43.6 Å². The molecule has 0 amide bonds. The smallest absolute Gasteiger partial charge is 0.0244 e. The van der Waals surface area contributed by atoms with Gasteiger partial charge >= 0.3 is 0 Å². The highest BCUT2D eigenvalue weighted by Crippen LogP contribution is 2.62. The Morgan fingerprint density at radius 2 is 1.94 bits per heavy atom. The van der Waals surface area contributed by atoms with Crippen LogP contribution >= 0.6 is 0 Å². The van der Waals surface area contributed by atoms with Gasteiger partial charge in [-0.25, -0.2) is 0 Å². The third-order valence-electron chi connectivity index (χ3n) is 5.21. The summed E-state index contributed by atoms with van der Waals surface area (Å²) in [6.07, 6.45) is 7.21. The van der Waals surface area contributed by atoms with Gasteiger partial charge in [-0.2, -0.15) is 0 Å². The minimum atomic E-state index is 0.542. The van der Waals surface area contributed by atoms with Crippen LogP contribution < -0.4 is 5.32 Å². The van der Waals surface area contributed by atoms with E-state index in [0.29, 0.717) is 5.54 Å². The summed E-state index contributed by atoms with van der Waals surface area (Å²) in [5.74, 6) is 2.78. The van der Waals surface area contributed by atoms with Gasteiger partial charge in [-0.05, 0) is 62.0 Å². The number of benzene rings is 1. The molecule has 3 fully saturated rings. The summed E-state index contributed by atoms with van der Waals surface area (Å²) >= 11 is 0. The van der Waals surface area contributed by atoms with E-state index in [-0.39, 0.29) is 0 Å². The van der Waals surface area contributed by atoms with Gasteiger partial charge in [-0.1, -0.05) is 30.3 Å². The van der Waals surface area contributed by atoms with E-state index in [1.54, 1.807) is 5.56 Å². The second-order valence-electron chi connectivity index (χ2n) is 6.20. The van der Waals surface area contributed by atoms with Crippen molar-refractivity contribution in [3.05, 3.63) is 35.9 Å². The van der Waals surface area contributed by atoms with Crippen LogP contribution in [-0.4, -0.2) is 12.1 Å². The van der Waals surface area contributed by atoms with Crippen LogP contribution in [0.4, 0.5) is 0 Å². The van der Waals surface area contributed by atoms with E-state index in [1.807, 2.05) is 0 Å². The third-order valence-corrected chi connectivity index (χ3v) is 5.21. The molecule has 1 aliphatic heterocycles. The molecule has 3 atom stereocenters. The predicted octanol–water partition coefficient (Wildman–Crippen LogP) is 3.32. The summed E-state index contributed by atoms with van der Waals surface area (Å²) in [4.78, 5) is 0. The van der Waals surface area contributed by atoms with E-state index in [0.717, 1.165) is 17.8 Å². The molecule has 17 heavy (non-hydrogen) atoms. The Morgan fingerprint density at radius 1 is 1.12 bits per heavy atom. The Balaban J connectivity index is 1.57. The standard InChI is InChI=1S/C16H21N/c1-2-5-12(6-3-1)14-11-15(14)16(13-7-8-13)9-4-10-17-16/h1-3,5-6,13-15,17H,4,7-11H2. The first-order valence-electron chi connectivity index (χ1n) is 7.20. The average Bonchev–Trinajstić information content (AvgIpc) is 3.30. The zero-order chi connectivity index (χ0) is 11.3. The van der Waals surface area contributed by atoms with Crippen LogP contribution in [-0.2, 0) is 0 Å². The van der Waals surface area contributed by atoms with Crippen LogP contribution in [0.25, 0.3) is 0 Å². The zero-order valence-electron chi connectivity index (χ0n) is 10.4. The first-order chi connectivity index (χ1) is 8.40. The summed E-state index contributed by atoms with van der Waals surface area (Å²) in [5, 5.41) is 3.89. The maximum absolute atomic E-state index is 3.89. The molecule has 1 aromatic rings. The van der Waals surface area contributed by atoms with Gasteiger partial charge in [0, 0.05) is 5.54 Å². The highest BCUT2D eigenvalue weighted by molar-refractivity contribution is 5.30. The molecule has 2 aliphatic carbocycles. The van der Waals surface area contributed by atoms with Gasteiger partial charge in [-0.3, -0.25) is 0 Å².